The molecule has 0 saturated heterocycles. The van der Waals surface area contributed by atoms with Crippen molar-refractivity contribution < 1.29 is 8.42 Å². The lowest BCUT2D eigenvalue weighted by atomic mass is 10.5. The highest BCUT2D eigenvalue weighted by atomic mass is 79.9. The summed E-state index contributed by atoms with van der Waals surface area (Å²) < 4.78 is 21.9. The Morgan fingerprint density at radius 1 is 1.55 bits per heavy atom. The third-order valence-electron chi connectivity index (χ3n) is 0.998. The summed E-state index contributed by atoms with van der Waals surface area (Å²) in [6, 6.07) is 1.33. The Bertz CT molecular complexity index is 365. The Balaban J connectivity index is 3.37. The maximum atomic E-state index is 10.8. The lowest BCUT2D eigenvalue weighted by Gasteiger charge is -1.96. The van der Waals surface area contributed by atoms with E-state index in [4.69, 9.17) is 10.7 Å². The number of hydrogen-bond donors (Lipinski definition) is 0. The number of pyridine rings is 1. The van der Waals surface area contributed by atoms with E-state index in [1.807, 2.05) is 0 Å². The molecule has 0 N–H and O–H groups in total. The normalized spacial score (nSPS) is 11.5. The summed E-state index contributed by atoms with van der Waals surface area (Å²) in [7, 11) is 1.43. The molecular formula is C5H3BrClNO2S. The minimum atomic E-state index is -3.65. The first-order valence-corrected chi connectivity index (χ1v) is 5.66. The molecule has 1 aromatic heterocycles. The van der Waals surface area contributed by atoms with Crippen LogP contribution in [-0.4, -0.2) is 13.4 Å². The topological polar surface area (TPSA) is 47.0 Å². The van der Waals surface area contributed by atoms with Gasteiger partial charge in [-0.3, -0.25) is 4.98 Å². The van der Waals surface area contributed by atoms with Crippen molar-refractivity contribution in [1.29, 1.82) is 0 Å². The third kappa shape index (κ3) is 2.15. The number of hydrogen-bond acceptors (Lipinski definition) is 3. The molecule has 0 radical (unpaired) electrons. The van der Waals surface area contributed by atoms with Gasteiger partial charge in [0.2, 0.25) is 0 Å². The molecule has 0 saturated carbocycles. The molecule has 6 heteroatoms. The molecule has 0 aliphatic heterocycles. The van der Waals surface area contributed by atoms with Gasteiger partial charge >= 0.3 is 0 Å². The number of rotatable bonds is 1. The highest BCUT2D eigenvalue weighted by Gasteiger charge is 2.12. The summed E-state index contributed by atoms with van der Waals surface area (Å²) in [6.07, 6.45) is 2.73. The zero-order valence-corrected chi connectivity index (χ0v) is 8.32. The van der Waals surface area contributed by atoms with Crippen LogP contribution in [0.2, 0.25) is 0 Å². The zero-order valence-electron chi connectivity index (χ0n) is 5.16. The molecule has 0 aliphatic rings. The standard InChI is InChI=1S/C5H3BrClNO2S/c6-4-3-8-2-1-5(4)11(7,9)10/h1-3H. The van der Waals surface area contributed by atoms with Crippen LogP contribution in [-0.2, 0) is 9.05 Å². The first-order valence-electron chi connectivity index (χ1n) is 2.56. The maximum absolute atomic E-state index is 10.8. The van der Waals surface area contributed by atoms with Crippen LogP contribution in [0.15, 0.2) is 27.8 Å². The second-order valence-corrected chi connectivity index (χ2v) is 5.13. The van der Waals surface area contributed by atoms with Crippen molar-refractivity contribution in [1.82, 2.24) is 4.98 Å². The van der Waals surface area contributed by atoms with Crippen molar-refractivity contribution in [3.05, 3.63) is 22.9 Å². The van der Waals surface area contributed by atoms with Crippen LogP contribution in [0.1, 0.15) is 0 Å². The van der Waals surface area contributed by atoms with Crippen LogP contribution in [0, 0.1) is 0 Å². The van der Waals surface area contributed by atoms with Crippen LogP contribution >= 0.6 is 26.6 Å². The van der Waals surface area contributed by atoms with E-state index in [-0.39, 0.29) is 4.90 Å². The molecule has 0 atom stereocenters. The molecule has 3 nitrogen and oxygen atoms in total. The van der Waals surface area contributed by atoms with Crippen LogP contribution in [0.4, 0.5) is 0 Å². The van der Waals surface area contributed by atoms with Gasteiger partial charge in [0.15, 0.2) is 0 Å². The molecule has 1 aromatic rings. The molecule has 1 rings (SSSR count). The highest BCUT2D eigenvalue weighted by molar-refractivity contribution is 9.10. The number of halogens is 2. The van der Waals surface area contributed by atoms with Crippen LogP contribution < -0.4 is 0 Å². The average Bonchev–Trinajstić information content (AvgIpc) is 1.86. The summed E-state index contributed by atoms with van der Waals surface area (Å²) in [5.74, 6) is 0. The number of nitrogens with zero attached hydrogens (tertiary/aromatic N) is 1. The highest BCUT2D eigenvalue weighted by Crippen LogP contribution is 2.22. The molecule has 1 heterocycles. The van der Waals surface area contributed by atoms with E-state index >= 15 is 0 Å². The van der Waals surface area contributed by atoms with E-state index in [2.05, 4.69) is 20.9 Å². The molecule has 0 bridgehead atoms. The monoisotopic (exact) mass is 255 g/mol. The quantitative estimate of drug-likeness (QED) is 0.720. The Kier molecular flexibility index (Phi) is 2.51. The van der Waals surface area contributed by atoms with Crippen molar-refractivity contribution in [2.75, 3.05) is 0 Å². The molecule has 0 aliphatic carbocycles. The first kappa shape index (κ1) is 8.96. The van der Waals surface area contributed by atoms with Gasteiger partial charge in [0, 0.05) is 23.1 Å². The Hall–Kier alpha value is -0.130. The van der Waals surface area contributed by atoms with E-state index in [1.165, 1.54) is 18.5 Å². The molecule has 0 unspecified atom stereocenters. The van der Waals surface area contributed by atoms with Crippen molar-refractivity contribution in [3.8, 4) is 0 Å². The first-order chi connectivity index (χ1) is 5.02. The fourth-order valence-corrected chi connectivity index (χ4v) is 2.64. The maximum Gasteiger partial charge on any atom is 0.262 e. The van der Waals surface area contributed by atoms with Gasteiger partial charge in [-0.1, -0.05) is 0 Å². The summed E-state index contributed by atoms with van der Waals surface area (Å²) in [6.45, 7) is 0. The second kappa shape index (κ2) is 3.08. The fraction of sp³-hybridized carbons (Fsp3) is 0. The van der Waals surface area contributed by atoms with Gasteiger partial charge in [-0.2, -0.15) is 0 Å². The fourth-order valence-electron chi connectivity index (χ4n) is 0.560. The van der Waals surface area contributed by atoms with E-state index in [1.54, 1.807) is 0 Å². The molecule has 60 valence electrons. The zero-order chi connectivity index (χ0) is 8.48. The predicted molar refractivity (Wildman–Crippen MR) is 45.0 cm³/mol. The van der Waals surface area contributed by atoms with E-state index < -0.39 is 9.05 Å². The molecule has 0 fully saturated rings. The molecule has 11 heavy (non-hydrogen) atoms. The second-order valence-electron chi connectivity index (χ2n) is 1.74. The Morgan fingerprint density at radius 3 is 2.55 bits per heavy atom. The Morgan fingerprint density at radius 2 is 2.18 bits per heavy atom. The lowest BCUT2D eigenvalue weighted by Crippen LogP contribution is -1.91. The predicted octanol–water partition coefficient (Wildman–Crippen LogP) is 1.77. The number of aromatic nitrogens is 1. The summed E-state index contributed by atoms with van der Waals surface area (Å²) in [5, 5.41) is 0. The SMILES string of the molecule is O=S(=O)(Cl)c1ccncc1Br. The average molecular weight is 257 g/mol. The van der Waals surface area contributed by atoms with E-state index in [0.29, 0.717) is 4.47 Å². The third-order valence-corrected chi connectivity index (χ3v) is 3.27. The van der Waals surface area contributed by atoms with Gasteiger partial charge in [0.05, 0.1) is 9.37 Å². The smallest absolute Gasteiger partial charge is 0.262 e. The van der Waals surface area contributed by atoms with Crippen LogP contribution in [0.5, 0.6) is 0 Å². The summed E-state index contributed by atoms with van der Waals surface area (Å²) >= 11 is 3.01. The minimum Gasteiger partial charge on any atom is -0.263 e. The molecule has 0 spiro atoms. The van der Waals surface area contributed by atoms with E-state index in [0.717, 1.165) is 0 Å². The van der Waals surface area contributed by atoms with Crippen molar-refractivity contribution in [2.24, 2.45) is 0 Å². The largest absolute Gasteiger partial charge is 0.263 e. The molecule has 0 aromatic carbocycles. The van der Waals surface area contributed by atoms with Gasteiger partial charge < -0.3 is 0 Å². The van der Waals surface area contributed by atoms with Gasteiger partial charge in [-0.25, -0.2) is 8.42 Å². The van der Waals surface area contributed by atoms with Crippen molar-refractivity contribution >= 4 is 35.7 Å². The molecule has 0 amide bonds. The van der Waals surface area contributed by atoms with Crippen LogP contribution in [0.25, 0.3) is 0 Å². The van der Waals surface area contributed by atoms with Crippen molar-refractivity contribution in [3.63, 3.8) is 0 Å². The summed E-state index contributed by atoms with van der Waals surface area (Å²) in [5.41, 5.74) is 0. The lowest BCUT2D eigenvalue weighted by molar-refractivity contribution is 0.609. The van der Waals surface area contributed by atoms with E-state index in [9.17, 15) is 8.42 Å². The van der Waals surface area contributed by atoms with Gasteiger partial charge in [-0.05, 0) is 22.0 Å². The van der Waals surface area contributed by atoms with Crippen LogP contribution in [0.3, 0.4) is 0 Å². The van der Waals surface area contributed by atoms with Gasteiger partial charge in [0.1, 0.15) is 0 Å². The van der Waals surface area contributed by atoms with Crippen molar-refractivity contribution in [2.45, 2.75) is 4.90 Å². The van der Waals surface area contributed by atoms with Gasteiger partial charge in [-0.15, -0.1) is 0 Å². The Labute approximate surface area is 77.0 Å². The summed E-state index contributed by atoms with van der Waals surface area (Å²) in [4.78, 5) is 3.72. The van der Waals surface area contributed by atoms with Gasteiger partial charge in [0.25, 0.3) is 9.05 Å². The minimum absolute atomic E-state index is 0.0363. The molecular weight excluding hydrogens is 253 g/mol.